The van der Waals surface area contributed by atoms with Gasteiger partial charge in [-0.3, -0.25) is 4.79 Å². The molecule has 2 heterocycles. The van der Waals surface area contributed by atoms with Crippen molar-refractivity contribution in [1.82, 2.24) is 10.6 Å². The molecule has 17 heavy (non-hydrogen) atoms. The molecule has 98 valence electrons. The molecule has 0 aromatic heterocycles. The average Bonchev–Trinajstić information content (AvgIpc) is 2.73. The first-order chi connectivity index (χ1) is 8.31. The molecule has 5 nitrogen and oxygen atoms in total. The van der Waals surface area contributed by atoms with E-state index < -0.39 is 0 Å². The molecular formula is C12H22N2O3. The fraction of sp³-hybridized carbons (Fsp3) is 0.917. The van der Waals surface area contributed by atoms with E-state index in [4.69, 9.17) is 9.47 Å². The fourth-order valence-electron chi connectivity index (χ4n) is 2.74. The molecule has 0 saturated carbocycles. The summed E-state index contributed by atoms with van der Waals surface area (Å²) in [5, 5.41) is 6.22. The zero-order chi connectivity index (χ0) is 12.1. The van der Waals surface area contributed by atoms with Crippen LogP contribution in [0.3, 0.4) is 0 Å². The molecular weight excluding hydrogens is 220 g/mol. The maximum absolute atomic E-state index is 11.7. The molecule has 0 aliphatic carbocycles. The topological polar surface area (TPSA) is 59.6 Å². The standard InChI is InChI=1S/C12H22N2O3/c1-16-5-4-14-12(15)6-11-10-2-3-13-7-9(10)8-17-11/h9-11,13H,2-8H2,1H3,(H,14,15)/t9-,10-,11-/m0/s1. The van der Waals surface area contributed by atoms with Crippen LogP contribution in [0.15, 0.2) is 0 Å². The second-order valence-corrected chi connectivity index (χ2v) is 4.84. The lowest BCUT2D eigenvalue weighted by Gasteiger charge is -2.27. The minimum atomic E-state index is 0.0752. The molecule has 2 N–H and O–H groups in total. The number of carbonyl (C=O) groups is 1. The number of hydrogen-bond donors (Lipinski definition) is 2. The van der Waals surface area contributed by atoms with Crippen LogP contribution in [-0.2, 0) is 14.3 Å². The van der Waals surface area contributed by atoms with Crippen molar-refractivity contribution < 1.29 is 14.3 Å². The van der Waals surface area contributed by atoms with Gasteiger partial charge in [-0.2, -0.15) is 0 Å². The Balaban J connectivity index is 1.73. The van der Waals surface area contributed by atoms with Gasteiger partial charge in [0.15, 0.2) is 0 Å². The Morgan fingerprint density at radius 3 is 3.29 bits per heavy atom. The van der Waals surface area contributed by atoms with Gasteiger partial charge in [-0.15, -0.1) is 0 Å². The maximum atomic E-state index is 11.7. The van der Waals surface area contributed by atoms with Crippen LogP contribution in [-0.4, -0.2) is 52.0 Å². The Bertz CT molecular complexity index is 260. The normalized spacial score (nSPS) is 32.2. The smallest absolute Gasteiger partial charge is 0.222 e. The van der Waals surface area contributed by atoms with Crippen LogP contribution < -0.4 is 10.6 Å². The first-order valence-corrected chi connectivity index (χ1v) is 6.39. The minimum absolute atomic E-state index is 0.0752. The zero-order valence-electron chi connectivity index (χ0n) is 10.4. The van der Waals surface area contributed by atoms with Gasteiger partial charge in [0.25, 0.3) is 0 Å². The van der Waals surface area contributed by atoms with Gasteiger partial charge >= 0.3 is 0 Å². The highest BCUT2D eigenvalue weighted by Gasteiger charge is 2.39. The molecule has 1 amide bonds. The maximum Gasteiger partial charge on any atom is 0.222 e. The van der Waals surface area contributed by atoms with Crippen molar-refractivity contribution >= 4 is 5.91 Å². The third-order valence-electron chi connectivity index (χ3n) is 3.68. The van der Waals surface area contributed by atoms with E-state index >= 15 is 0 Å². The molecule has 0 aromatic carbocycles. The van der Waals surface area contributed by atoms with Crippen LogP contribution in [0.4, 0.5) is 0 Å². The van der Waals surface area contributed by atoms with Crippen LogP contribution in [0.2, 0.25) is 0 Å². The van der Waals surface area contributed by atoms with Gasteiger partial charge in [-0.05, 0) is 18.9 Å². The molecule has 2 aliphatic rings. The van der Waals surface area contributed by atoms with Gasteiger partial charge in [0.1, 0.15) is 0 Å². The molecule has 3 atom stereocenters. The number of amides is 1. The lowest BCUT2D eigenvalue weighted by Crippen LogP contribution is -2.39. The molecule has 2 fully saturated rings. The second kappa shape index (κ2) is 6.33. The fourth-order valence-corrected chi connectivity index (χ4v) is 2.74. The second-order valence-electron chi connectivity index (χ2n) is 4.84. The molecule has 2 saturated heterocycles. The summed E-state index contributed by atoms with van der Waals surface area (Å²) in [6.45, 7) is 4.03. The van der Waals surface area contributed by atoms with Crippen LogP contribution in [0.1, 0.15) is 12.8 Å². The minimum Gasteiger partial charge on any atom is -0.383 e. The molecule has 2 rings (SSSR count). The van der Waals surface area contributed by atoms with Gasteiger partial charge in [-0.25, -0.2) is 0 Å². The van der Waals surface area contributed by atoms with Gasteiger partial charge < -0.3 is 20.1 Å². The predicted octanol–water partition coefficient (Wildman–Crippen LogP) is -0.236. The molecule has 0 aromatic rings. The lowest BCUT2D eigenvalue weighted by atomic mass is 9.84. The van der Waals surface area contributed by atoms with Gasteiger partial charge in [0.2, 0.25) is 5.91 Å². The van der Waals surface area contributed by atoms with E-state index in [-0.39, 0.29) is 12.0 Å². The number of hydrogen-bond acceptors (Lipinski definition) is 4. The van der Waals surface area contributed by atoms with Crippen molar-refractivity contribution in [3.63, 3.8) is 0 Å². The highest BCUT2D eigenvalue weighted by molar-refractivity contribution is 5.76. The number of nitrogens with one attached hydrogen (secondary N) is 2. The van der Waals surface area contributed by atoms with E-state index in [1.54, 1.807) is 7.11 Å². The van der Waals surface area contributed by atoms with Crippen molar-refractivity contribution in [2.24, 2.45) is 11.8 Å². The highest BCUT2D eigenvalue weighted by Crippen LogP contribution is 2.33. The Labute approximate surface area is 102 Å². The lowest BCUT2D eigenvalue weighted by molar-refractivity contribution is -0.123. The molecule has 0 radical (unpaired) electrons. The quantitative estimate of drug-likeness (QED) is 0.654. The largest absolute Gasteiger partial charge is 0.383 e. The van der Waals surface area contributed by atoms with E-state index in [1.165, 1.54) is 0 Å². The van der Waals surface area contributed by atoms with Crippen molar-refractivity contribution in [1.29, 1.82) is 0 Å². The molecule has 5 heteroatoms. The summed E-state index contributed by atoms with van der Waals surface area (Å²) in [7, 11) is 1.63. The Kier molecular flexibility index (Phi) is 4.76. The summed E-state index contributed by atoms with van der Waals surface area (Å²) in [5.74, 6) is 1.23. The number of methoxy groups -OCH3 is 1. The van der Waals surface area contributed by atoms with Gasteiger partial charge in [0.05, 0.1) is 25.7 Å². The third-order valence-corrected chi connectivity index (χ3v) is 3.68. The Hall–Kier alpha value is -0.650. The van der Waals surface area contributed by atoms with Crippen molar-refractivity contribution in [3.05, 3.63) is 0 Å². The van der Waals surface area contributed by atoms with E-state index in [0.717, 1.165) is 26.1 Å². The molecule has 2 aliphatic heterocycles. The molecule has 0 spiro atoms. The monoisotopic (exact) mass is 242 g/mol. The van der Waals surface area contributed by atoms with Crippen molar-refractivity contribution in [2.45, 2.75) is 18.9 Å². The number of ether oxygens (including phenoxy) is 2. The summed E-state index contributed by atoms with van der Waals surface area (Å²) in [4.78, 5) is 11.7. The van der Waals surface area contributed by atoms with Crippen molar-refractivity contribution in [3.8, 4) is 0 Å². The summed E-state index contributed by atoms with van der Waals surface area (Å²) in [6.07, 6.45) is 1.73. The first-order valence-electron chi connectivity index (χ1n) is 6.39. The van der Waals surface area contributed by atoms with Crippen molar-refractivity contribution in [2.75, 3.05) is 40.0 Å². The van der Waals surface area contributed by atoms with Crippen LogP contribution in [0.25, 0.3) is 0 Å². The average molecular weight is 242 g/mol. The summed E-state index contributed by atoms with van der Waals surface area (Å²) in [6, 6.07) is 0. The van der Waals surface area contributed by atoms with Crippen LogP contribution in [0, 0.1) is 11.8 Å². The van der Waals surface area contributed by atoms with E-state index in [2.05, 4.69) is 10.6 Å². The summed E-state index contributed by atoms with van der Waals surface area (Å²) >= 11 is 0. The predicted molar refractivity (Wildman–Crippen MR) is 63.7 cm³/mol. The SMILES string of the molecule is COCCNC(=O)C[C@@H]1OC[C@@H]2CNCC[C@@H]21. The Morgan fingerprint density at radius 2 is 2.47 bits per heavy atom. The van der Waals surface area contributed by atoms with Crippen LogP contribution >= 0.6 is 0 Å². The highest BCUT2D eigenvalue weighted by atomic mass is 16.5. The van der Waals surface area contributed by atoms with Gasteiger partial charge in [0, 0.05) is 26.1 Å². The molecule has 0 bridgehead atoms. The van der Waals surface area contributed by atoms with E-state index in [0.29, 0.717) is 31.4 Å². The zero-order valence-corrected chi connectivity index (χ0v) is 10.4. The van der Waals surface area contributed by atoms with Crippen LogP contribution in [0.5, 0.6) is 0 Å². The number of carbonyl (C=O) groups excluding carboxylic acids is 1. The summed E-state index contributed by atoms with van der Waals surface area (Å²) in [5.41, 5.74) is 0. The number of fused-ring (bicyclic) bond motifs is 1. The molecule has 0 unspecified atom stereocenters. The third kappa shape index (κ3) is 3.40. The van der Waals surface area contributed by atoms with E-state index in [9.17, 15) is 4.79 Å². The van der Waals surface area contributed by atoms with Gasteiger partial charge in [-0.1, -0.05) is 0 Å². The van der Waals surface area contributed by atoms with E-state index in [1.807, 2.05) is 0 Å². The number of rotatable bonds is 5. The number of piperidine rings is 1. The first kappa shape index (κ1) is 12.8. The Morgan fingerprint density at radius 1 is 1.59 bits per heavy atom. The summed E-state index contributed by atoms with van der Waals surface area (Å²) < 4.78 is 10.6.